The summed E-state index contributed by atoms with van der Waals surface area (Å²) < 4.78 is 0. The molecule has 106 valence electrons. The van der Waals surface area contributed by atoms with E-state index in [-0.39, 0.29) is 5.41 Å². The van der Waals surface area contributed by atoms with Gasteiger partial charge in [-0.05, 0) is 40.3 Å². The minimum absolute atomic E-state index is 0.250. The Morgan fingerprint density at radius 3 is 2.40 bits per heavy atom. The van der Waals surface area contributed by atoms with Crippen molar-refractivity contribution in [3.8, 4) is 0 Å². The molecule has 0 aromatic heterocycles. The summed E-state index contributed by atoms with van der Waals surface area (Å²) >= 11 is 0. The molecular weight excluding hydrogens is 259 g/mol. The lowest BCUT2D eigenvalue weighted by molar-refractivity contribution is 0.304. The standard InChI is InChI=1S/C19H25P/c1-7-10-14-16-13(8-2)11-9-12-15(16)18(20-6)17(14)19(3,4)5/h7-12,17-18,20H,1-2H2,3-6H3/b14-10+. The maximum atomic E-state index is 3.99. The predicted molar refractivity (Wildman–Crippen MR) is 94.6 cm³/mol. The Morgan fingerprint density at radius 1 is 1.20 bits per heavy atom. The van der Waals surface area contributed by atoms with Crippen LogP contribution in [0.2, 0.25) is 0 Å². The van der Waals surface area contributed by atoms with E-state index >= 15 is 0 Å². The first kappa shape index (κ1) is 15.3. The zero-order valence-electron chi connectivity index (χ0n) is 13.0. The quantitative estimate of drug-likeness (QED) is 0.604. The Hall–Kier alpha value is -1.13. The van der Waals surface area contributed by atoms with Gasteiger partial charge in [0.05, 0.1) is 0 Å². The fourth-order valence-electron chi connectivity index (χ4n) is 3.47. The summed E-state index contributed by atoms with van der Waals surface area (Å²) in [5, 5.41) is 0. The Morgan fingerprint density at radius 2 is 1.90 bits per heavy atom. The van der Waals surface area contributed by atoms with E-state index in [2.05, 4.69) is 64.9 Å². The van der Waals surface area contributed by atoms with E-state index in [4.69, 9.17) is 0 Å². The van der Waals surface area contributed by atoms with Gasteiger partial charge in [0.1, 0.15) is 0 Å². The number of hydrogen-bond donors (Lipinski definition) is 0. The summed E-state index contributed by atoms with van der Waals surface area (Å²) in [6.07, 6.45) is 6.12. The largest absolute Gasteiger partial charge is 0.117 e. The van der Waals surface area contributed by atoms with Crippen LogP contribution in [0.25, 0.3) is 11.6 Å². The van der Waals surface area contributed by atoms with Crippen molar-refractivity contribution < 1.29 is 0 Å². The lowest BCUT2D eigenvalue weighted by Crippen LogP contribution is -2.22. The molecule has 20 heavy (non-hydrogen) atoms. The molecule has 0 nitrogen and oxygen atoms in total. The van der Waals surface area contributed by atoms with Gasteiger partial charge in [0.2, 0.25) is 0 Å². The first-order chi connectivity index (χ1) is 9.45. The molecule has 2 rings (SSSR count). The van der Waals surface area contributed by atoms with Crippen LogP contribution in [0.1, 0.15) is 43.1 Å². The number of hydrogen-bond acceptors (Lipinski definition) is 0. The average Bonchev–Trinajstić information content (AvgIpc) is 2.73. The fraction of sp³-hybridized carbons (Fsp3) is 0.368. The molecule has 0 saturated heterocycles. The lowest BCUT2D eigenvalue weighted by Gasteiger charge is -2.33. The van der Waals surface area contributed by atoms with Gasteiger partial charge >= 0.3 is 0 Å². The minimum Gasteiger partial charge on any atom is -0.117 e. The molecule has 1 aromatic carbocycles. The predicted octanol–water partition coefficient (Wildman–Crippen LogP) is 5.92. The fourth-order valence-corrected chi connectivity index (χ4v) is 5.03. The van der Waals surface area contributed by atoms with Gasteiger partial charge in [-0.3, -0.25) is 0 Å². The molecule has 1 aromatic rings. The van der Waals surface area contributed by atoms with Crippen LogP contribution >= 0.6 is 8.58 Å². The van der Waals surface area contributed by atoms with Gasteiger partial charge in [-0.1, -0.05) is 70.4 Å². The molecule has 0 heterocycles. The number of rotatable bonds is 3. The summed E-state index contributed by atoms with van der Waals surface area (Å²) in [6, 6.07) is 6.63. The van der Waals surface area contributed by atoms with Crippen LogP contribution in [0.15, 0.2) is 43.5 Å². The molecule has 3 unspecified atom stereocenters. The lowest BCUT2D eigenvalue weighted by atomic mass is 9.76. The molecule has 1 aliphatic carbocycles. The van der Waals surface area contributed by atoms with Crippen molar-refractivity contribution in [2.45, 2.75) is 26.4 Å². The van der Waals surface area contributed by atoms with Crippen molar-refractivity contribution in [3.63, 3.8) is 0 Å². The van der Waals surface area contributed by atoms with Crippen LogP contribution in [0.3, 0.4) is 0 Å². The van der Waals surface area contributed by atoms with Gasteiger partial charge in [-0.25, -0.2) is 0 Å². The molecular formula is C19H25P. The molecule has 0 N–H and O–H groups in total. The van der Waals surface area contributed by atoms with Crippen molar-refractivity contribution in [1.29, 1.82) is 0 Å². The van der Waals surface area contributed by atoms with Crippen molar-refractivity contribution in [1.82, 2.24) is 0 Å². The van der Waals surface area contributed by atoms with Gasteiger partial charge in [0.15, 0.2) is 0 Å². The van der Waals surface area contributed by atoms with E-state index in [0.29, 0.717) is 11.6 Å². The maximum Gasteiger partial charge on any atom is 0.00914 e. The van der Waals surface area contributed by atoms with E-state index in [9.17, 15) is 0 Å². The number of fused-ring (bicyclic) bond motifs is 1. The zero-order chi connectivity index (χ0) is 14.9. The van der Waals surface area contributed by atoms with Crippen LogP contribution in [0.4, 0.5) is 0 Å². The smallest absolute Gasteiger partial charge is 0.00914 e. The highest BCUT2D eigenvalue weighted by atomic mass is 31.1. The van der Waals surface area contributed by atoms with Crippen LogP contribution in [-0.4, -0.2) is 6.66 Å². The van der Waals surface area contributed by atoms with E-state index in [1.54, 1.807) is 0 Å². The molecule has 1 aliphatic rings. The first-order valence-corrected chi connectivity index (χ1v) is 8.79. The molecule has 0 saturated carbocycles. The molecule has 0 aliphatic heterocycles. The third-order valence-corrected chi connectivity index (χ3v) is 5.45. The van der Waals surface area contributed by atoms with Crippen LogP contribution in [-0.2, 0) is 0 Å². The van der Waals surface area contributed by atoms with Gasteiger partial charge in [0, 0.05) is 5.66 Å². The minimum atomic E-state index is 0.250. The number of allylic oxidation sites excluding steroid dienone is 3. The second-order valence-corrected chi connectivity index (χ2v) is 7.68. The van der Waals surface area contributed by atoms with Gasteiger partial charge in [-0.2, -0.15) is 0 Å². The topological polar surface area (TPSA) is 0 Å². The summed E-state index contributed by atoms with van der Waals surface area (Å²) in [6.45, 7) is 17.3. The van der Waals surface area contributed by atoms with Crippen LogP contribution in [0.5, 0.6) is 0 Å². The summed E-state index contributed by atoms with van der Waals surface area (Å²) in [5.74, 6) is 0.555. The molecule has 0 radical (unpaired) electrons. The van der Waals surface area contributed by atoms with Crippen molar-refractivity contribution in [2.75, 3.05) is 6.66 Å². The Bertz CT molecular complexity index is 558. The molecule has 0 fully saturated rings. The second-order valence-electron chi connectivity index (χ2n) is 6.48. The van der Waals surface area contributed by atoms with Gasteiger partial charge in [0.25, 0.3) is 0 Å². The van der Waals surface area contributed by atoms with Crippen molar-refractivity contribution in [2.24, 2.45) is 11.3 Å². The highest BCUT2D eigenvalue weighted by molar-refractivity contribution is 7.37. The third-order valence-electron chi connectivity index (χ3n) is 4.18. The van der Waals surface area contributed by atoms with Crippen molar-refractivity contribution >= 4 is 20.2 Å². The van der Waals surface area contributed by atoms with E-state index < -0.39 is 0 Å². The normalized spacial score (nSPS) is 24.3. The monoisotopic (exact) mass is 284 g/mol. The van der Waals surface area contributed by atoms with Crippen LogP contribution in [0, 0.1) is 11.3 Å². The zero-order valence-corrected chi connectivity index (χ0v) is 14.0. The van der Waals surface area contributed by atoms with E-state index in [1.807, 2.05) is 12.2 Å². The van der Waals surface area contributed by atoms with Gasteiger partial charge < -0.3 is 0 Å². The Balaban J connectivity index is 2.74. The summed E-state index contributed by atoms with van der Waals surface area (Å²) in [5.41, 5.74) is 6.47. The molecule has 0 bridgehead atoms. The van der Waals surface area contributed by atoms with E-state index in [1.165, 1.54) is 22.3 Å². The maximum absolute atomic E-state index is 3.99. The molecule has 1 heteroatoms. The van der Waals surface area contributed by atoms with E-state index in [0.717, 1.165) is 8.58 Å². The summed E-state index contributed by atoms with van der Waals surface area (Å²) in [4.78, 5) is 0. The first-order valence-electron chi connectivity index (χ1n) is 7.21. The number of benzene rings is 1. The Kier molecular flexibility index (Phi) is 4.35. The summed E-state index contributed by atoms with van der Waals surface area (Å²) in [7, 11) is 0.911. The molecule has 3 atom stereocenters. The van der Waals surface area contributed by atoms with Crippen LogP contribution < -0.4 is 0 Å². The Labute approximate surface area is 125 Å². The second kappa shape index (κ2) is 5.70. The highest BCUT2D eigenvalue weighted by Gasteiger charge is 2.42. The third kappa shape index (κ3) is 2.42. The molecule has 0 spiro atoms. The van der Waals surface area contributed by atoms with Gasteiger partial charge in [-0.15, -0.1) is 8.58 Å². The average molecular weight is 284 g/mol. The van der Waals surface area contributed by atoms with Crippen molar-refractivity contribution in [3.05, 3.63) is 60.2 Å². The molecule has 0 amide bonds. The SMILES string of the molecule is C=C/C=C1\c2c(C=C)cccc2C(PC)C1C(C)(C)C. The highest BCUT2D eigenvalue weighted by Crippen LogP contribution is 2.59.